The molecule has 6 nitrogen and oxygen atoms in total. The lowest BCUT2D eigenvalue weighted by atomic mass is 10.1. The molecule has 0 unspecified atom stereocenters. The third kappa shape index (κ3) is 3.98. The van der Waals surface area contributed by atoms with E-state index in [9.17, 15) is 0 Å². The monoisotopic (exact) mass is 564 g/mol. The van der Waals surface area contributed by atoms with Crippen molar-refractivity contribution >= 4 is 107 Å². The second-order valence-corrected chi connectivity index (χ2v) is 12.7. The van der Waals surface area contributed by atoms with E-state index in [0.717, 1.165) is 72.5 Å². The summed E-state index contributed by atoms with van der Waals surface area (Å²) in [6, 6.07) is 29.2. The molecule has 0 amide bonds. The van der Waals surface area contributed by atoms with Crippen molar-refractivity contribution < 1.29 is 0 Å². The molecule has 4 aromatic carbocycles. The summed E-state index contributed by atoms with van der Waals surface area (Å²) >= 11 is 6.56. The highest BCUT2D eigenvalue weighted by molar-refractivity contribution is 7.25. The number of nitrogens with zero attached hydrogens (tertiary/aromatic N) is 4. The molecule has 0 spiro atoms. The van der Waals surface area contributed by atoms with Gasteiger partial charge in [0.25, 0.3) is 0 Å². The molecule has 0 saturated carbocycles. The van der Waals surface area contributed by atoms with E-state index in [1.165, 1.54) is 0 Å². The molecule has 0 aliphatic heterocycles. The molecule has 0 radical (unpaired) electrons. The van der Waals surface area contributed by atoms with Crippen LogP contribution >= 0.6 is 45.3 Å². The Kier molecular flexibility index (Phi) is 5.12. The van der Waals surface area contributed by atoms with Gasteiger partial charge in [-0.2, -0.15) is 0 Å². The summed E-state index contributed by atoms with van der Waals surface area (Å²) in [5.74, 6) is 0. The van der Waals surface area contributed by atoms with Crippen LogP contribution in [-0.4, -0.2) is 19.9 Å². The predicted octanol–water partition coefficient (Wildman–Crippen LogP) is 9.28. The topological polar surface area (TPSA) is 75.6 Å². The Morgan fingerprint density at radius 2 is 0.763 bits per heavy atom. The van der Waals surface area contributed by atoms with E-state index in [1.54, 1.807) is 45.3 Å². The van der Waals surface area contributed by atoms with E-state index in [4.69, 9.17) is 9.97 Å². The second-order valence-electron chi connectivity index (χ2n) is 8.63. The molecule has 2 N–H and O–H groups in total. The van der Waals surface area contributed by atoms with Crippen LogP contribution in [0.5, 0.6) is 0 Å². The molecule has 38 heavy (non-hydrogen) atoms. The minimum Gasteiger partial charge on any atom is -0.307 e. The molecular formula is C28H16N6S4. The Bertz CT molecular complexity index is 1900. The number of aromatic nitrogens is 4. The average molecular weight is 565 g/mol. The Hall–Kier alpha value is -3.96. The average Bonchev–Trinajstić information content (AvgIpc) is 3.70. The molecule has 4 heterocycles. The SMILES string of the molecule is c1ccc2sc(Nc3nc4ccc(-c5ccc6nc(Nc7nc8ccccc8s7)sc6c5)cc4s3)nc2c1. The zero-order chi connectivity index (χ0) is 25.1. The van der Waals surface area contributed by atoms with E-state index in [-0.39, 0.29) is 0 Å². The molecular weight excluding hydrogens is 549 g/mol. The first-order valence-corrected chi connectivity index (χ1v) is 15.1. The van der Waals surface area contributed by atoms with E-state index in [1.807, 2.05) is 36.4 Å². The quantitative estimate of drug-likeness (QED) is 0.217. The van der Waals surface area contributed by atoms with Gasteiger partial charge < -0.3 is 10.6 Å². The summed E-state index contributed by atoms with van der Waals surface area (Å²) in [4.78, 5) is 18.9. The van der Waals surface area contributed by atoms with E-state index >= 15 is 0 Å². The van der Waals surface area contributed by atoms with Gasteiger partial charge >= 0.3 is 0 Å². The fraction of sp³-hybridized carbons (Fsp3) is 0. The molecule has 4 aromatic heterocycles. The van der Waals surface area contributed by atoms with Crippen LogP contribution in [0.15, 0.2) is 84.9 Å². The van der Waals surface area contributed by atoms with Crippen LogP contribution in [0.4, 0.5) is 20.5 Å². The Labute approximate surface area is 232 Å². The second kappa shape index (κ2) is 8.81. The lowest BCUT2D eigenvalue weighted by Gasteiger charge is -2.01. The first kappa shape index (κ1) is 22.1. The van der Waals surface area contributed by atoms with Gasteiger partial charge in [0, 0.05) is 0 Å². The van der Waals surface area contributed by atoms with Crippen molar-refractivity contribution in [3.63, 3.8) is 0 Å². The van der Waals surface area contributed by atoms with Crippen LogP contribution < -0.4 is 10.6 Å². The van der Waals surface area contributed by atoms with Crippen molar-refractivity contribution in [3.8, 4) is 11.1 Å². The maximum absolute atomic E-state index is 4.77. The Morgan fingerprint density at radius 3 is 1.18 bits per heavy atom. The number of nitrogens with one attached hydrogen (secondary N) is 2. The highest BCUT2D eigenvalue weighted by Crippen LogP contribution is 2.37. The van der Waals surface area contributed by atoms with Gasteiger partial charge in [0.1, 0.15) is 0 Å². The third-order valence-electron chi connectivity index (χ3n) is 6.13. The molecule has 8 rings (SSSR count). The Morgan fingerprint density at radius 1 is 0.395 bits per heavy atom. The van der Waals surface area contributed by atoms with Gasteiger partial charge in [0.05, 0.1) is 40.9 Å². The first-order valence-electron chi connectivity index (χ1n) is 11.8. The van der Waals surface area contributed by atoms with Gasteiger partial charge in [-0.1, -0.05) is 81.7 Å². The maximum atomic E-state index is 4.77. The van der Waals surface area contributed by atoms with Gasteiger partial charge in [-0.3, -0.25) is 0 Å². The van der Waals surface area contributed by atoms with Crippen molar-refractivity contribution in [2.24, 2.45) is 0 Å². The van der Waals surface area contributed by atoms with E-state index < -0.39 is 0 Å². The number of hydrogen-bond donors (Lipinski definition) is 2. The zero-order valence-electron chi connectivity index (χ0n) is 19.5. The normalized spacial score (nSPS) is 11.7. The summed E-state index contributed by atoms with van der Waals surface area (Å²) < 4.78 is 4.59. The molecule has 0 aliphatic carbocycles. The van der Waals surface area contributed by atoms with Gasteiger partial charge in [-0.15, -0.1) is 0 Å². The van der Waals surface area contributed by atoms with Crippen LogP contribution in [0, 0.1) is 0 Å². The summed E-state index contributed by atoms with van der Waals surface area (Å²) in [5, 5.41) is 10.2. The smallest absolute Gasteiger partial charge is 0.190 e. The van der Waals surface area contributed by atoms with Crippen LogP contribution in [-0.2, 0) is 0 Å². The molecule has 0 aliphatic rings. The van der Waals surface area contributed by atoms with Crippen molar-refractivity contribution in [2.75, 3.05) is 10.6 Å². The van der Waals surface area contributed by atoms with E-state index in [0.29, 0.717) is 0 Å². The van der Waals surface area contributed by atoms with Crippen molar-refractivity contribution in [2.45, 2.75) is 0 Å². The Balaban J connectivity index is 1.07. The van der Waals surface area contributed by atoms with Gasteiger partial charge in [-0.05, 0) is 59.7 Å². The molecule has 0 bridgehead atoms. The third-order valence-corrected chi connectivity index (χ3v) is 9.90. The number of anilines is 4. The highest BCUT2D eigenvalue weighted by Gasteiger charge is 2.12. The van der Waals surface area contributed by atoms with Gasteiger partial charge in [0.15, 0.2) is 20.5 Å². The predicted molar refractivity (Wildman–Crippen MR) is 164 cm³/mol. The van der Waals surface area contributed by atoms with Crippen molar-refractivity contribution in [3.05, 3.63) is 84.9 Å². The highest BCUT2D eigenvalue weighted by atomic mass is 32.1. The molecule has 0 saturated heterocycles. The molecule has 0 atom stereocenters. The summed E-state index contributed by atoms with van der Waals surface area (Å²) in [6.07, 6.45) is 0. The van der Waals surface area contributed by atoms with E-state index in [2.05, 4.69) is 69.1 Å². The number of thiazole rings is 4. The summed E-state index contributed by atoms with van der Waals surface area (Å²) in [5.41, 5.74) is 6.26. The van der Waals surface area contributed by atoms with Crippen molar-refractivity contribution in [1.29, 1.82) is 0 Å². The van der Waals surface area contributed by atoms with Crippen LogP contribution in [0.25, 0.3) is 52.0 Å². The molecule has 8 aromatic rings. The summed E-state index contributed by atoms with van der Waals surface area (Å²) in [7, 11) is 0. The first-order chi connectivity index (χ1) is 18.7. The largest absolute Gasteiger partial charge is 0.307 e. The number of benzene rings is 4. The minimum atomic E-state index is 0.847. The van der Waals surface area contributed by atoms with Crippen LogP contribution in [0.2, 0.25) is 0 Å². The lowest BCUT2D eigenvalue weighted by molar-refractivity contribution is 1.40. The molecule has 182 valence electrons. The molecule has 10 heteroatoms. The van der Waals surface area contributed by atoms with Crippen molar-refractivity contribution in [1.82, 2.24) is 19.9 Å². The fourth-order valence-corrected chi connectivity index (χ4v) is 8.02. The lowest BCUT2D eigenvalue weighted by Crippen LogP contribution is -1.87. The zero-order valence-corrected chi connectivity index (χ0v) is 22.8. The van der Waals surface area contributed by atoms with Gasteiger partial charge in [-0.25, -0.2) is 19.9 Å². The minimum absolute atomic E-state index is 0.847. The number of hydrogen-bond acceptors (Lipinski definition) is 10. The maximum Gasteiger partial charge on any atom is 0.190 e. The number of fused-ring (bicyclic) bond motifs is 4. The summed E-state index contributed by atoms with van der Waals surface area (Å²) in [6.45, 7) is 0. The van der Waals surface area contributed by atoms with Crippen LogP contribution in [0.3, 0.4) is 0 Å². The molecule has 0 fully saturated rings. The number of rotatable bonds is 5. The standard InChI is InChI=1S/C28H16N6S4/c1-3-7-21-17(5-1)29-25(35-21)33-27-31-19-11-9-15(13-23(19)37-27)16-10-12-20-24(14-16)38-28(32-20)34-26-30-18-6-2-4-8-22(18)36-26/h1-14H,(H,29,31,33)(H,30,32,34). The fourth-order valence-electron chi connectivity index (χ4n) is 4.35. The van der Waals surface area contributed by atoms with Crippen LogP contribution in [0.1, 0.15) is 0 Å². The van der Waals surface area contributed by atoms with Gasteiger partial charge in [0.2, 0.25) is 0 Å². The number of para-hydroxylation sites is 2.